The first kappa shape index (κ1) is 24.3. The van der Waals surface area contributed by atoms with Crippen molar-refractivity contribution in [3.8, 4) is 0 Å². The van der Waals surface area contributed by atoms with Crippen LogP contribution in [0.5, 0.6) is 0 Å². The summed E-state index contributed by atoms with van der Waals surface area (Å²) in [6, 6.07) is 0. The van der Waals surface area contributed by atoms with E-state index >= 15 is 0 Å². The molecule has 11 heteroatoms. The Hall–Kier alpha value is -0.680. The van der Waals surface area contributed by atoms with E-state index in [1.165, 1.54) is 0 Å². The van der Waals surface area contributed by atoms with Crippen molar-refractivity contribution >= 4 is 0 Å². The molecule has 0 radical (unpaired) electrons. The van der Waals surface area contributed by atoms with Crippen molar-refractivity contribution < 1.29 is 49.7 Å². The van der Waals surface area contributed by atoms with E-state index in [-0.39, 0.29) is 13.0 Å². The molecule has 0 unspecified atom stereocenters. The van der Waals surface area contributed by atoms with E-state index in [0.717, 1.165) is 12.8 Å². The Morgan fingerprint density at radius 2 is 1.12 bits per heavy atom. The Labute approximate surface area is 140 Å². The molecule has 0 rings (SSSR count). The highest BCUT2D eigenvalue weighted by atomic mass is 19.4. The largest absolute Gasteiger partial charge is 0.394 e. The molecule has 0 fully saturated rings. The second-order valence-corrected chi connectivity index (χ2v) is 5.45. The molecule has 152 valence electrons. The zero-order valence-corrected chi connectivity index (χ0v) is 13.7. The lowest BCUT2D eigenvalue weighted by molar-refractivity contribution is -0.376. The van der Waals surface area contributed by atoms with E-state index in [1.54, 1.807) is 0 Å². The molecule has 0 aromatic carbocycles. The molecule has 25 heavy (non-hydrogen) atoms. The topological polar surface area (TPSA) is 38.7 Å². The predicted molar refractivity (Wildman–Crippen MR) is 72.7 cm³/mol. The van der Waals surface area contributed by atoms with Gasteiger partial charge in [0.2, 0.25) is 0 Å². The first-order chi connectivity index (χ1) is 11.4. The Morgan fingerprint density at radius 1 is 0.680 bits per heavy atom. The van der Waals surface area contributed by atoms with Crippen LogP contribution in [0, 0.1) is 0 Å². The quantitative estimate of drug-likeness (QED) is 0.358. The minimum absolute atomic E-state index is 0.247. The van der Waals surface area contributed by atoms with Crippen LogP contribution in [0.1, 0.15) is 32.6 Å². The maximum atomic E-state index is 13.4. The minimum Gasteiger partial charge on any atom is -0.394 e. The van der Waals surface area contributed by atoms with Crippen molar-refractivity contribution in [2.75, 3.05) is 33.0 Å². The molecular formula is C14H22F8O3. The SMILES string of the molecule is CCCCCCOCC(F)(F)C(F)(F)C(F)(F)C(F)(F)COCCO. The van der Waals surface area contributed by atoms with Crippen LogP contribution in [0.2, 0.25) is 0 Å². The van der Waals surface area contributed by atoms with Crippen LogP contribution in [0.25, 0.3) is 0 Å². The predicted octanol–water partition coefficient (Wildman–Crippen LogP) is 4.13. The fourth-order valence-corrected chi connectivity index (χ4v) is 1.74. The smallest absolute Gasteiger partial charge is 0.380 e. The molecule has 0 atom stereocenters. The summed E-state index contributed by atoms with van der Waals surface area (Å²) in [6.07, 6.45) is 2.37. The maximum absolute atomic E-state index is 13.4. The molecule has 0 aliphatic heterocycles. The number of ether oxygens (including phenoxy) is 2. The molecule has 0 amide bonds. The van der Waals surface area contributed by atoms with Crippen LogP contribution in [0.4, 0.5) is 35.1 Å². The van der Waals surface area contributed by atoms with E-state index in [9.17, 15) is 35.1 Å². The van der Waals surface area contributed by atoms with Gasteiger partial charge >= 0.3 is 23.7 Å². The molecule has 0 aliphatic carbocycles. The number of aliphatic hydroxyl groups excluding tert-OH is 1. The Morgan fingerprint density at radius 3 is 1.52 bits per heavy atom. The zero-order chi connectivity index (χ0) is 19.8. The van der Waals surface area contributed by atoms with Crippen LogP contribution in [-0.4, -0.2) is 61.8 Å². The number of alkyl halides is 8. The summed E-state index contributed by atoms with van der Waals surface area (Å²) in [6.45, 7) is -4.55. The van der Waals surface area contributed by atoms with Crippen LogP contribution < -0.4 is 0 Å². The highest BCUT2D eigenvalue weighted by Gasteiger charge is 2.80. The fraction of sp³-hybridized carbons (Fsp3) is 1.00. The van der Waals surface area contributed by atoms with Gasteiger partial charge in [-0.25, -0.2) is 0 Å². The molecule has 0 spiro atoms. The summed E-state index contributed by atoms with van der Waals surface area (Å²) in [4.78, 5) is 0. The van der Waals surface area contributed by atoms with Crippen LogP contribution in [0.3, 0.4) is 0 Å². The number of unbranched alkanes of at least 4 members (excludes halogenated alkanes) is 3. The number of hydrogen-bond acceptors (Lipinski definition) is 3. The number of hydrogen-bond donors (Lipinski definition) is 1. The van der Waals surface area contributed by atoms with Gasteiger partial charge in [0.25, 0.3) is 0 Å². The average molecular weight is 390 g/mol. The molecule has 0 saturated heterocycles. The third kappa shape index (κ3) is 6.21. The minimum atomic E-state index is -6.38. The van der Waals surface area contributed by atoms with Crippen LogP contribution >= 0.6 is 0 Å². The van der Waals surface area contributed by atoms with E-state index in [0.29, 0.717) is 6.42 Å². The average Bonchev–Trinajstić information content (AvgIpc) is 2.50. The van der Waals surface area contributed by atoms with Gasteiger partial charge in [-0.15, -0.1) is 0 Å². The summed E-state index contributed by atoms with van der Waals surface area (Å²) in [5.41, 5.74) is 0. The number of halogens is 8. The maximum Gasteiger partial charge on any atom is 0.380 e. The van der Waals surface area contributed by atoms with Gasteiger partial charge in [-0.1, -0.05) is 26.2 Å². The van der Waals surface area contributed by atoms with Crippen LogP contribution in [-0.2, 0) is 9.47 Å². The van der Waals surface area contributed by atoms with E-state index in [1.807, 2.05) is 6.92 Å². The molecule has 0 bridgehead atoms. The Balaban J connectivity index is 4.89. The van der Waals surface area contributed by atoms with E-state index in [2.05, 4.69) is 9.47 Å². The molecular weight excluding hydrogens is 368 g/mol. The number of aliphatic hydroxyl groups is 1. The van der Waals surface area contributed by atoms with Crippen molar-refractivity contribution in [1.29, 1.82) is 0 Å². The third-order valence-electron chi connectivity index (χ3n) is 3.26. The Bertz CT molecular complexity index is 377. The Kier molecular flexibility index (Phi) is 9.60. The van der Waals surface area contributed by atoms with Crippen molar-refractivity contribution in [3.63, 3.8) is 0 Å². The fourth-order valence-electron chi connectivity index (χ4n) is 1.74. The van der Waals surface area contributed by atoms with Gasteiger partial charge in [-0.2, -0.15) is 35.1 Å². The van der Waals surface area contributed by atoms with Gasteiger partial charge in [0, 0.05) is 6.61 Å². The lowest BCUT2D eigenvalue weighted by atomic mass is 9.99. The van der Waals surface area contributed by atoms with Gasteiger partial charge in [0.1, 0.15) is 13.2 Å². The normalized spacial score (nSPS) is 14.2. The second kappa shape index (κ2) is 9.86. The van der Waals surface area contributed by atoms with E-state index < -0.39 is 50.1 Å². The summed E-state index contributed by atoms with van der Waals surface area (Å²) in [5.74, 6) is -23.8. The monoisotopic (exact) mass is 390 g/mol. The molecule has 3 nitrogen and oxygen atoms in total. The van der Waals surface area contributed by atoms with Gasteiger partial charge in [0.15, 0.2) is 0 Å². The van der Waals surface area contributed by atoms with Gasteiger partial charge in [0.05, 0.1) is 13.2 Å². The summed E-state index contributed by atoms with van der Waals surface area (Å²) < 4.78 is 115. The standard InChI is InChI=1S/C14H22F8O3/c1-2-3-4-5-7-24-9-11(15,16)13(19,20)14(21,22)12(17,18)10-25-8-6-23/h23H,2-10H2,1H3. The molecule has 0 aromatic rings. The van der Waals surface area contributed by atoms with Crippen molar-refractivity contribution in [1.82, 2.24) is 0 Å². The highest BCUT2D eigenvalue weighted by molar-refractivity contribution is 5.03. The van der Waals surface area contributed by atoms with E-state index in [4.69, 9.17) is 5.11 Å². The van der Waals surface area contributed by atoms with Crippen molar-refractivity contribution in [3.05, 3.63) is 0 Å². The second-order valence-electron chi connectivity index (χ2n) is 5.45. The highest BCUT2D eigenvalue weighted by Crippen LogP contribution is 2.52. The van der Waals surface area contributed by atoms with Gasteiger partial charge < -0.3 is 14.6 Å². The summed E-state index contributed by atoms with van der Waals surface area (Å²) in [7, 11) is 0. The van der Waals surface area contributed by atoms with Crippen molar-refractivity contribution in [2.45, 2.75) is 56.3 Å². The molecule has 0 saturated carbocycles. The number of rotatable bonds is 14. The zero-order valence-electron chi connectivity index (χ0n) is 13.7. The molecule has 0 heterocycles. The third-order valence-corrected chi connectivity index (χ3v) is 3.26. The van der Waals surface area contributed by atoms with Crippen molar-refractivity contribution in [2.24, 2.45) is 0 Å². The molecule has 1 N–H and O–H groups in total. The van der Waals surface area contributed by atoms with Crippen LogP contribution in [0.15, 0.2) is 0 Å². The molecule has 0 aromatic heterocycles. The lowest BCUT2D eigenvalue weighted by Crippen LogP contribution is -2.64. The first-order valence-corrected chi connectivity index (χ1v) is 7.65. The molecule has 0 aliphatic rings. The lowest BCUT2D eigenvalue weighted by Gasteiger charge is -2.36. The summed E-state index contributed by atoms with van der Waals surface area (Å²) in [5, 5.41) is 8.29. The summed E-state index contributed by atoms with van der Waals surface area (Å²) >= 11 is 0. The first-order valence-electron chi connectivity index (χ1n) is 7.65. The van der Waals surface area contributed by atoms with Gasteiger partial charge in [-0.3, -0.25) is 0 Å². The van der Waals surface area contributed by atoms with Gasteiger partial charge in [-0.05, 0) is 6.42 Å².